The Labute approximate surface area is 216 Å². The zero-order chi connectivity index (χ0) is 25.4. The maximum atomic E-state index is 12.8. The van der Waals surface area contributed by atoms with Crippen molar-refractivity contribution >= 4 is 24.8 Å². The second-order valence-electron chi connectivity index (χ2n) is 10.4. The van der Waals surface area contributed by atoms with Gasteiger partial charge in [0.2, 0.25) is 0 Å². The smallest absolute Gasteiger partial charge is 0.407 e. The Kier molecular flexibility index (Phi) is 8.44. The van der Waals surface area contributed by atoms with E-state index in [-0.39, 0.29) is 23.8 Å². The quantitative estimate of drug-likeness (QED) is 0.322. The van der Waals surface area contributed by atoms with Crippen molar-refractivity contribution in [3.8, 4) is 0 Å². The molecule has 4 nitrogen and oxygen atoms in total. The molecule has 1 aliphatic rings. The lowest BCUT2D eigenvalue weighted by Gasteiger charge is -2.46. The van der Waals surface area contributed by atoms with Gasteiger partial charge in [-0.1, -0.05) is 124 Å². The van der Waals surface area contributed by atoms with Crippen molar-refractivity contribution in [2.75, 3.05) is 0 Å². The number of alkyl carbamates (subject to hydrolysis) is 1. The zero-order valence-corrected chi connectivity index (χ0v) is 22.5. The molecule has 3 aromatic carbocycles. The molecule has 0 aromatic heterocycles. The summed E-state index contributed by atoms with van der Waals surface area (Å²) in [6, 6.07) is 30.9. The summed E-state index contributed by atoms with van der Waals surface area (Å²) >= 11 is 0. The maximum absolute atomic E-state index is 12.8. The van der Waals surface area contributed by atoms with E-state index >= 15 is 0 Å². The molecule has 1 amide bonds. The van der Waals surface area contributed by atoms with Crippen LogP contribution in [0.1, 0.15) is 45.6 Å². The summed E-state index contributed by atoms with van der Waals surface area (Å²) in [4.78, 5) is 12.8. The number of amides is 1. The molecular weight excluding hydrogens is 462 g/mol. The first-order chi connectivity index (χ1) is 17.4. The maximum Gasteiger partial charge on any atom is 0.407 e. The van der Waals surface area contributed by atoms with E-state index in [1.807, 2.05) is 30.3 Å². The number of carbonyl (C=O) groups is 1. The summed E-state index contributed by atoms with van der Waals surface area (Å²) in [6.07, 6.45) is 6.26. The predicted octanol–water partition coefficient (Wildman–Crippen LogP) is 5.97. The van der Waals surface area contributed by atoms with Gasteiger partial charge in [-0.2, -0.15) is 0 Å². The van der Waals surface area contributed by atoms with E-state index in [1.165, 1.54) is 10.4 Å². The molecule has 0 saturated heterocycles. The lowest BCUT2D eigenvalue weighted by Crippen LogP contribution is -2.69. The first-order valence-electron chi connectivity index (χ1n) is 12.8. The molecule has 0 heterocycles. The summed E-state index contributed by atoms with van der Waals surface area (Å²) in [7, 11) is -2.74. The minimum atomic E-state index is -2.74. The number of rotatable bonds is 7. The number of nitrogens with one attached hydrogen (secondary N) is 1. The van der Waals surface area contributed by atoms with E-state index in [4.69, 9.17) is 9.16 Å². The van der Waals surface area contributed by atoms with Crippen LogP contribution in [-0.4, -0.2) is 26.6 Å². The van der Waals surface area contributed by atoms with Crippen LogP contribution in [0.25, 0.3) is 0 Å². The van der Waals surface area contributed by atoms with Gasteiger partial charge in [0.25, 0.3) is 8.32 Å². The largest absolute Gasteiger partial charge is 0.445 e. The fraction of sp³-hybridized carbons (Fsp3) is 0.323. The van der Waals surface area contributed by atoms with Crippen molar-refractivity contribution in [1.82, 2.24) is 5.32 Å². The average Bonchev–Trinajstić information content (AvgIpc) is 3.11. The van der Waals surface area contributed by atoms with E-state index < -0.39 is 14.4 Å². The van der Waals surface area contributed by atoms with Gasteiger partial charge in [-0.3, -0.25) is 0 Å². The number of allylic oxidation sites excluding steroid dienone is 1. The summed E-state index contributed by atoms with van der Waals surface area (Å²) in [5.74, 6) is 0. The highest BCUT2D eigenvalue weighted by molar-refractivity contribution is 6.99. The second kappa shape index (κ2) is 11.7. The molecule has 4 rings (SSSR count). The SMILES string of the molecule is CC(C)(C)[Si](O[C@@H]1CCC=CC[C@@H]1NC(=O)OCc1ccccc1)(c1ccccc1)c1ccccc1. The van der Waals surface area contributed by atoms with Crippen molar-refractivity contribution in [1.29, 1.82) is 0 Å². The molecule has 5 heteroatoms. The molecule has 36 heavy (non-hydrogen) atoms. The van der Waals surface area contributed by atoms with Gasteiger partial charge >= 0.3 is 6.09 Å². The van der Waals surface area contributed by atoms with Crippen LogP contribution in [0.5, 0.6) is 0 Å². The highest BCUT2D eigenvalue weighted by Crippen LogP contribution is 2.38. The van der Waals surface area contributed by atoms with E-state index in [2.05, 4.69) is 98.9 Å². The third-order valence-corrected chi connectivity index (χ3v) is 11.9. The molecule has 0 radical (unpaired) electrons. The lowest BCUT2D eigenvalue weighted by molar-refractivity contribution is 0.106. The van der Waals surface area contributed by atoms with Crippen LogP contribution in [0.15, 0.2) is 103 Å². The Balaban J connectivity index is 1.63. The van der Waals surface area contributed by atoms with Crippen molar-refractivity contribution in [2.45, 2.75) is 63.8 Å². The van der Waals surface area contributed by atoms with Crippen molar-refractivity contribution in [3.63, 3.8) is 0 Å². The van der Waals surface area contributed by atoms with Crippen LogP contribution in [0, 0.1) is 0 Å². The number of benzene rings is 3. The van der Waals surface area contributed by atoms with Crippen LogP contribution in [0.2, 0.25) is 5.04 Å². The molecule has 0 saturated carbocycles. The molecule has 0 fully saturated rings. The Morgan fingerprint density at radius 3 is 1.97 bits per heavy atom. The van der Waals surface area contributed by atoms with Gasteiger partial charge in [0.15, 0.2) is 0 Å². The molecule has 188 valence electrons. The summed E-state index contributed by atoms with van der Waals surface area (Å²) < 4.78 is 13.0. The summed E-state index contributed by atoms with van der Waals surface area (Å²) in [5.41, 5.74) is 0.966. The highest BCUT2D eigenvalue weighted by atomic mass is 28.4. The highest BCUT2D eigenvalue weighted by Gasteiger charge is 2.52. The molecule has 3 aromatic rings. The number of carbonyl (C=O) groups excluding carboxylic acids is 1. The Morgan fingerprint density at radius 1 is 0.861 bits per heavy atom. The third-order valence-electron chi connectivity index (χ3n) is 6.88. The van der Waals surface area contributed by atoms with Gasteiger partial charge < -0.3 is 14.5 Å². The minimum Gasteiger partial charge on any atom is -0.445 e. The van der Waals surface area contributed by atoms with Crippen LogP contribution in [0.4, 0.5) is 4.79 Å². The molecule has 1 aliphatic carbocycles. The first-order valence-corrected chi connectivity index (χ1v) is 14.7. The first kappa shape index (κ1) is 25.9. The molecule has 2 atom stereocenters. The molecule has 0 spiro atoms. The van der Waals surface area contributed by atoms with Crippen LogP contribution in [0.3, 0.4) is 0 Å². The van der Waals surface area contributed by atoms with Crippen LogP contribution < -0.4 is 15.7 Å². The van der Waals surface area contributed by atoms with Crippen LogP contribution in [-0.2, 0) is 15.8 Å². The van der Waals surface area contributed by atoms with Crippen molar-refractivity contribution in [2.24, 2.45) is 0 Å². The average molecular weight is 500 g/mol. The normalized spacial score (nSPS) is 18.3. The van der Waals surface area contributed by atoms with Gasteiger partial charge in [0.05, 0.1) is 12.1 Å². The van der Waals surface area contributed by atoms with Gasteiger partial charge in [0, 0.05) is 0 Å². The van der Waals surface area contributed by atoms with Crippen molar-refractivity contribution in [3.05, 3.63) is 109 Å². The van der Waals surface area contributed by atoms with Crippen molar-refractivity contribution < 1.29 is 14.0 Å². The monoisotopic (exact) mass is 499 g/mol. The van der Waals surface area contributed by atoms with Gasteiger partial charge in [-0.15, -0.1) is 0 Å². The Hall–Kier alpha value is -3.15. The number of ether oxygens (including phenoxy) is 1. The predicted molar refractivity (Wildman–Crippen MR) is 149 cm³/mol. The Morgan fingerprint density at radius 2 is 1.42 bits per heavy atom. The van der Waals surface area contributed by atoms with Gasteiger partial charge in [0.1, 0.15) is 6.61 Å². The lowest BCUT2D eigenvalue weighted by atomic mass is 10.1. The number of hydrogen-bond acceptors (Lipinski definition) is 3. The molecule has 0 unspecified atom stereocenters. The molecular formula is C31H37NO3Si. The van der Waals surface area contributed by atoms with Gasteiger partial charge in [-0.05, 0) is 40.2 Å². The van der Waals surface area contributed by atoms with Gasteiger partial charge in [-0.25, -0.2) is 4.79 Å². The number of hydrogen-bond donors (Lipinski definition) is 1. The molecule has 0 aliphatic heterocycles. The molecule has 0 bridgehead atoms. The minimum absolute atomic E-state index is 0.131. The fourth-order valence-corrected chi connectivity index (χ4v) is 9.85. The van der Waals surface area contributed by atoms with Crippen LogP contribution >= 0.6 is 0 Å². The standard InChI is InChI=1S/C31H37NO3Si/c1-31(2,3)36(26-18-10-5-11-19-26,27-20-12-6-13-21-27)35-29-23-15-7-14-22-28(29)32-30(33)34-24-25-16-8-4-9-17-25/h4-14,16-21,28-29H,15,22-24H2,1-3H3,(H,32,33)/t28-,29+/m0/s1. The second-order valence-corrected chi connectivity index (χ2v) is 14.7. The summed E-state index contributed by atoms with van der Waals surface area (Å²) in [5, 5.41) is 5.49. The molecule has 1 N–H and O–H groups in total. The summed E-state index contributed by atoms with van der Waals surface area (Å²) in [6.45, 7) is 7.09. The van der Waals surface area contributed by atoms with E-state index in [1.54, 1.807) is 0 Å². The third kappa shape index (κ3) is 5.97. The topological polar surface area (TPSA) is 47.6 Å². The van der Waals surface area contributed by atoms with E-state index in [0.717, 1.165) is 18.4 Å². The zero-order valence-electron chi connectivity index (χ0n) is 21.5. The van der Waals surface area contributed by atoms with E-state index in [0.29, 0.717) is 6.42 Å². The Bertz CT molecular complexity index is 1090. The fourth-order valence-electron chi connectivity index (χ4n) is 5.10. The van der Waals surface area contributed by atoms with E-state index in [9.17, 15) is 4.79 Å².